The maximum atomic E-state index is 10.3. The molecule has 94 valence electrons. The molecular formula is C15H22O2. The number of hydrogen-bond donors (Lipinski definition) is 1. The van der Waals surface area contributed by atoms with E-state index < -0.39 is 0 Å². The van der Waals surface area contributed by atoms with E-state index in [2.05, 4.69) is 0 Å². The van der Waals surface area contributed by atoms with E-state index in [1.165, 1.54) is 25.7 Å². The van der Waals surface area contributed by atoms with Crippen LogP contribution in [0.1, 0.15) is 55.3 Å². The summed E-state index contributed by atoms with van der Waals surface area (Å²) in [6.07, 6.45) is 6.20. The van der Waals surface area contributed by atoms with Gasteiger partial charge in [-0.2, -0.15) is 0 Å². The predicted molar refractivity (Wildman–Crippen MR) is 66.7 cm³/mol. The van der Waals surface area contributed by atoms with Gasteiger partial charge >= 0.3 is 0 Å². The normalized spacial score (nSPS) is 33.2. The van der Waals surface area contributed by atoms with Crippen LogP contribution in [-0.4, -0.2) is 5.11 Å². The molecule has 0 aliphatic heterocycles. The van der Waals surface area contributed by atoms with Crippen molar-refractivity contribution in [1.29, 1.82) is 0 Å². The van der Waals surface area contributed by atoms with Gasteiger partial charge in [-0.1, -0.05) is 6.42 Å². The van der Waals surface area contributed by atoms with Crippen LogP contribution in [0.4, 0.5) is 0 Å². The highest BCUT2D eigenvalue weighted by Gasteiger charge is 2.40. The molecule has 2 aliphatic carbocycles. The monoisotopic (exact) mass is 234 g/mol. The van der Waals surface area contributed by atoms with E-state index in [4.69, 9.17) is 4.42 Å². The number of furan rings is 1. The molecule has 0 saturated heterocycles. The van der Waals surface area contributed by atoms with Gasteiger partial charge in [0.25, 0.3) is 0 Å². The zero-order chi connectivity index (χ0) is 12.0. The average molecular weight is 234 g/mol. The lowest BCUT2D eigenvalue weighted by atomic mass is 9.83. The number of hydrogen-bond acceptors (Lipinski definition) is 2. The van der Waals surface area contributed by atoms with Crippen LogP contribution in [0.2, 0.25) is 0 Å². The lowest BCUT2D eigenvalue weighted by molar-refractivity contribution is 0.124. The summed E-state index contributed by atoms with van der Waals surface area (Å²) in [6, 6.07) is 1.99. The van der Waals surface area contributed by atoms with Gasteiger partial charge in [-0.3, -0.25) is 0 Å². The Morgan fingerprint density at radius 1 is 1.35 bits per heavy atom. The molecule has 2 bridgehead atoms. The fourth-order valence-corrected chi connectivity index (χ4v) is 4.06. The van der Waals surface area contributed by atoms with Crippen molar-refractivity contribution in [3.8, 4) is 0 Å². The second-order valence-corrected chi connectivity index (χ2v) is 6.06. The Labute approximate surface area is 103 Å². The topological polar surface area (TPSA) is 33.4 Å². The number of fused-ring (bicyclic) bond motifs is 2. The average Bonchev–Trinajstić information content (AvgIpc) is 2.93. The van der Waals surface area contributed by atoms with Crippen LogP contribution in [0.25, 0.3) is 0 Å². The highest BCUT2D eigenvalue weighted by atomic mass is 16.3. The number of aryl methyl sites for hydroxylation is 2. The van der Waals surface area contributed by atoms with E-state index in [1.54, 1.807) is 0 Å². The molecule has 2 aliphatic rings. The van der Waals surface area contributed by atoms with Crippen molar-refractivity contribution in [3.63, 3.8) is 0 Å². The Balaban J connectivity index is 1.67. The molecule has 2 heteroatoms. The van der Waals surface area contributed by atoms with Crippen LogP contribution < -0.4 is 0 Å². The minimum absolute atomic E-state index is 0.322. The van der Waals surface area contributed by atoms with Crippen molar-refractivity contribution >= 4 is 0 Å². The second kappa shape index (κ2) is 4.16. The molecule has 2 saturated carbocycles. The third-order valence-electron chi connectivity index (χ3n) is 4.85. The summed E-state index contributed by atoms with van der Waals surface area (Å²) in [6.45, 7) is 3.90. The lowest BCUT2D eigenvalue weighted by Gasteiger charge is -2.23. The molecule has 1 heterocycles. The fourth-order valence-electron chi connectivity index (χ4n) is 4.06. The Bertz CT molecular complexity index is 407. The van der Waals surface area contributed by atoms with Crippen molar-refractivity contribution in [2.24, 2.45) is 17.8 Å². The van der Waals surface area contributed by atoms with Crippen LogP contribution in [-0.2, 0) is 0 Å². The van der Waals surface area contributed by atoms with Gasteiger partial charge in [-0.05, 0) is 63.4 Å². The minimum Gasteiger partial charge on any atom is -0.466 e. The first-order chi connectivity index (χ1) is 8.13. The second-order valence-electron chi connectivity index (χ2n) is 6.06. The van der Waals surface area contributed by atoms with Gasteiger partial charge in [0, 0.05) is 5.56 Å². The third-order valence-corrected chi connectivity index (χ3v) is 4.85. The summed E-state index contributed by atoms with van der Waals surface area (Å²) < 4.78 is 5.50. The standard InChI is InChI=1S/C15H22O2/c1-9-5-14(10(2)17-9)15(16)8-13-7-11-3-4-12(13)6-11/h5,11-13,15-16H,3-4,6-8H2,1-2H3. The van der Waals surface area contributed by atoms with E-state index in [1.807, 2.05) is 19.9 Å². The van der Waals surface area contributed by atoms with E-state index in [0.29, 0.717) is 0 Å². The Kier molecular flexibility index (Phi) is 2.78. The van der Waals surface area contributed by atoms with E-state index in [-0.39, 0.29) is 6.10 Å². The molecule has 0 amide bonds. The molecule has 2 nitrogen and oxygen atoms in total. The molecule has 4 atom stereocenters. The number of aliphatic hydroxyl groups excluding tert-OH is 1. The summed E-state index contributed by atoms with van der Waals surface area (Å²) in [5, 5.41) is 10.3. The van der Waals surface area contributed by atoms with Gasteiger partial charge in [0.15, 0.2) is 0 Å². The molecule has 0 radical (unpaired) electrons. The van der Waals surface area contributed by atoms with E-state index in [9.17, 15) is 5.11 Å². The van der Waals surface area contributed by atoms with Crippen LogP contribution >= 0.6 is 0 Å². The predicted octanol–water partition coefficient (Wildman–Crippen LogP) is 3.76. The summed E-state index contributed by atoms with van der Waals surface area (Å²) in [5.74, 6) is 4.40. The van der Waals surface area contributed by atoms with Crippen LogP contribution in [0.15, 0.2) is 10.5 Å². The van der Waals surface area contributed by atoms with Gasteiger partial charge in [0.1, 0.15) is 11.5 Å². The van der Waals surface area contributed by atoms with Crippen molar-refractivity contribution in [3.05, 3.63) is 23.2 Å². The summed E-state index contributed by atoms with van der Waals surface area (Å²) in [4.78, 5) is 0. The highest BCUT2D eigenvalue weighted by molar-refractivity contribution is 5.22. The smallest absolute Gasteiger partial charge is 0.106 e. The third kappa shape index (κ3) is 2.03. The lowest BCUT2D eigenvalue weighted by Crippen LogP contribution is -2.14. The first kappa shape index (κ1) is 11.3. The molecule has 1 N–H and O–H groups in total. The van der Waals surface area contributed by atoms with Gasteiger partial charge in [0.2, 0.25) is 0 Å². The molecule has 17 heavy (non-hydrogen) atoms. The van der Waals surface area contributed by atoms with Crippen molar-refractivity contribution < 1.29 is 9.52 Å². The summed E-state index contributed by atoms with van der Waals surface area (Å²) >= 11 is 0. The molecule has 2 fully saturated rings. The largest absolute Gasteiger partial charge is 0.466 e. The van der Waals surface area contributed by atoms with Crippen molar-refractivity contribution in [2.45, 2.75) is 52.1 Å². The molecule has 0 aromatic carbocycles. The highest BCUT2D eigenvalue weighted by Crippen LogP contribution is 2.51. The summed E-state index contributed by atoms with van der Waals surface area (Å²) in [7, 11) is 0. The SMILES string of the molecule is Cc1cc(C(O)CC2CC3CCC2C3)c(C)o1. The van der Waals surface area contributed by atoms with E-state index in [0.717, 1.165) is 41.3 Å². The number of aliphatic hydroxyl groups is 1. The Hall–Kier alpha value is -0.760. The molecule has 0 spiro atoms. The molecular weight excluding hydrogens is 212 g/mol. The van der Waals surface area contributed by atoms with Gasteiger partial charge in [-0.15, -0.1) is 0 Å². The number of rotatable bonds is 3. The van der Waals surface area contributed by atoms with Crippen LogP contribution in [0.3, 0.4) is 0 Å². The van der Waals surface area contributed by atoms with Crippen LogP contribution in [0, 0.1) is 31.6 Å². The maximum absolute atomic E-state index is 10.3. The van der Waals surface area contributed by atoms with Crippen LogP contribution in [0.5, 0.6) is 0 Å². The quantitative estimate of drug-likeness (QED) is 0.864. The van der Waals surface area contributed by atoms with Crippen molar-refractivity contribution in [2.75, 3.05) is 0 Å². The molecule has 3 rings (SSSR count). The zero-order valence-corrected chi connectivity index (χ0v) is 10.8. The first-order valence-electron chi connectivity index (χ1n) is 6.88. The van der Waals surface area contributed by atoms with Gasteiger partial charge < -0.3 is 9.52 Å². The molecule has 4 unspecified atom stereocenters. The molecule has 1 aromatic heterocycles. The van der Waals surface area contributed by atoms with Gasteiger partial charge in [0.05, 0.1) is 6.10 Å². The first-order valence-corrected chi connectivity index (χ1v) is 6.88. The minimum atomic E-state index is -0.322. The fraction of sp³-hybridized carbons (Fsp3) is 0.733. The van der Waals surface area contributed by atoms with Crippen molar-refractivity contribution in [1.82, 2.24) is 0 Å². The Morgan fingerprint density at radius 3 is 2.71 bits per heavy atom. The van der Waals surface area contributed by atoms with E-state index >= 15 is 0 Å². The van der Waals surface area contributed by atoms with Gasteiger partial charge in [-0.25, -0.2) is 0 Å². The summed E-state index contributed by atoms with van der Waals surface area (Å²) in [5.41, 5.74) is 1.00. The molecule has 1 aromatic rings. The maximum Gasteiger partial charge on any atom is 0.106 e. The Morgan fingerprint density at radius 2 is 2.18 bits per heavy atom. The zero-order valence-electron chi connectivity index (χ0n) is 10.8.